The Labute approximate surface area is 115 Å². The van der Waals surface area contributed by atoms with Crippen molar-refractivity contribution >= 4 is 0 Å². The Hall–Kier alpha value is -1.80. The van der Waals surface area contributed by atoms with E-state index in [1.54, 1.807) is 7.11 Å². The molecule has 1 atom stereocenters. The number of nitrogens with zero attached hydrogens (tertiary/aromatic N) is 1. The Bertz CT molecular complexity index is 492. The highest BCUT2D eigenvalue weighted by atomic mass is 16.5. The Morgan fingerprint density at radius 1 is 1.00 bits per heavy atom. The molecule has 2 heteroatoms. The molecule has 0 amide bonds. The molecule has 0 aromatic heterocycles. The standard InChI is InChI=1S/C17H21NO/c1-14(16-7-5-4-6-8-16)18(2)13-15-9-11-17(19-3)12-10-15/h4-12,14H,13H2,1-3H3. The van der Waals surface area contributed by atoms with E-state index in [0.29, 0.717) is 6.04 Å². The minimum atomic E-state index is 0.406. The van der Waals surface area contributed by atoms with Crippen LogP contribution in [0.15, 0.2) is 54.6 Å². The third-order valence-corrected chi connectivity index (χ3v) is 3.53. The molecular weight excluding hydrogens is 234 g/mol. The zero-order valence-electron chi connectivity index (χ0n) is 11.8. The molecule has 19 heavy (non-hydrogen) atoms. The smallest absolute Gasteiger partial charge is 0.118 e. The number of benzene rings is 2. The second-order valence-corrected chi connectivity index (χ2v) is 4.85. The summed E-state index contributed by atoms with van der Waals surface area (Å²) in [4.78, 5) is 2.34. The highest BCUT2D eigenvalue weighted by molar-refractivity contribution is 5.27. The van der Waals surface area contributed by atoms with Crippen molar-refractivity contribution in [1.29, 1.82) is 0 Å². The molecule has 0 spiro atoms. The van der Waals surface area contributed by atoms with Crippen LogP contribution in [-0.2, 0) is 6.54 Å². The fraction of sp³-hybridized carbons (Fsp3) is 0.294. The molecule has 0 heterocycles. The third-order valence-electron chi connectivity index (χ3n) is 3.53. The summed E-state index contributed by atoms with van der Waals surface area (Å²) in [5, 5.41) is 0. The zero-order valence-corrected chi connectivity index (χ0v) is 11.8. The topological polar surface area (TPSA) is 12.5 Å². The van der Waals surface area contributed by atoms with E-state index in [2.05, 4.69) is 61.3 Å². The van der Waals surface area contributed by atoms with Crippen LogP contribution in [0.5, 0.6) is 5.75 Å². The van der Waals surface area contributed by atoms with Gasteiger partial charge in [0.05, 0.1) is 7.11 Å². The van der Waals surface area contributed by atoms with Gasteiger partial charge in [-0.05, 0) is 37.2 Å². The Morgan fingerprint density at radius 2 is 1.63 bits per heavy atom. The first-order valence-electron chi connectivity index (χ1n) is 6.59. The molecule has 0 N–H and O–H groups in total. The molecule has 1 unspecified atom stereocenters. The molecular formula is C17H21NO. The average molecular weight is 255 g/mol. The van der Waals surface area contributed by atoms with Gasteiger partial charge >= 0.3 is 0 Å². The highest BCUT2D eigenvalue weighted by Gasteiger charge is 2.11. The van der Waals surface area contributed by atoms with Crippen LogP contribution in [-0.4, -0.2) is 19.1 Å². The largest absolute Gasteiger partial charge is 0.497 e. The van der Waals surface area contributed by atoms with Crippen LogP contribution < -0.4 is 4.74 Å². The summed E-state index contributed by atoms with van der Waals surface area (Å²) in [7, 11) is 3.85. The van der Waals surface area contributed by atoms with Crippen molar-refractivity contribution < 1.29 is 4.74 Å². The van der Waals surface area contributed by atoms with E-state index >= 15 is 0 Å². The molecule has 0 radical (unpaired) electrons. The monoisotopic (exact) mass is 255 g/mol. The van der Waals surface area contributed by atoms with E-state index in [-0.39, 0.29) is 0 Å². The summed E-state index contributed by atoms with van der Waals surface area (Å²) in [6.45, 7) is 3.17. The lowest BCUT2D eigenvalue weighted by Crippen LogP contribution is -2.21. The van der Waals surface area contributed by atoms with Gasteiger partial charge in [-0.3, -0.25) is 4.90 Å². The molecule has 2 rings (SSSR count). The van der Waals surface area contributed by atoms with Gasteiger partial charge in [-0.15, -0.1) is 0 Å². The number of rotatable bonds is 5. The second kappa shape index (κ2) is 6.39. The van der Waals surface area contributed by atoms with Gasteiger partial charge in [-0.25, -0.2) is 0 Å². The van der Waals surface area contributed by atoms with Crippen LogP contribution in [0.3, 0.4) is 0 Å². The van der Waals surface area contributed by atoms with Crippen LogP contribution >= 0.6 is 0 Å². The first-order chi connectivity index (χ1) is 9.20. The predicted octanol–water partition coefficient (Wildman–Crippen LogP) is 3.89. The number of methoxy groups -OCH3 is 1. The summed E-state index contributed by atoms with van der Waals surface area (Å²) in [5.74, 6) is 0.905. The minimum Gasteiger partial charge on any atom is -0.497 e. The predicted molar refractivity (Wildman–Crippen MR) is 79.3 cm³/mol. The van der Waals surface area contributed by atoms with Crippen molar-refractivity contribution in [3.8, 4) is 5.75 Å². The summed E-state index contributed by atoms with van der Waals surface area (Å²) in [6.07, 6.45) is 0. The van der Waals surface area contributed by atoms with E-state index in [1.807, 2.05) is 12.1 Å². The fourth-order valence-corrected chi connectivity index (χ4v) is 2.14. The quantitative estimate of drug-likeness (QED) is 0.803. The minimum absolute atomic E-state index is 0.406. The van der Waals surface area contributed by atoms with Crippen LogP contribution in [0, 0.1) is 0 Å². The maximum Gasteiger partial charge on any atom is 0.118 e. The molecule has 0 saturated heterocycles. The third kappa shape index (κ3) is 3.58. The van der Waals surface area contributed by atoms with Crippen LogP contribution in [0.2, 0.25) is 0 Å². The van der Waals surface area contributed by atoms with E-state index in [9.17, 15) is 0 Å². The van der Waals surface area contributed by atoms with Gasteiger partial charge in [-0.1, -0.05) is 42.5 Å². The Kier molecular flexibility index (Phi) is 4.58. The van der Waals surface area contributed by atoms with Gasteiger partial charge in [-0.2, -0.15) is 0 Å². The molecule has 2 aromatic rings. The number of hydrogen-bond acceptors (Lipinski definition) is 2. The van der Waals surface area contributed by atoms with Crippen LogP contribution in [0.1, 0.15) is 24.1 Å². The summed E-state index contributed by atoms with van der Waals surface area (Å²) in [6, 6.07) is 19.3. The van der Waals surface area contributed by atoms with Gasteiger partial charge in [0.2, 0.25) is 0 Å². The number of hydrogen-bond donors (Lipinski definition) is 0. The van der Waals surface area contributed by atoms with E-state index in [1.165, 1.54) is 11.1 Å². The van der Waals surface area contributed by atoms with Crippen molar-refractivity contribution in [2.24, 2.45) is 0 Å². The summed E-state index contributed by atoms with van der Waals surface area (Å²) >= 11 is 0. The van der Waals surface area contributed by atoms with Crippen molar-refractivity contribution in [2.45, 2.75) is 19.5 Å². The Morgan fingerprint density at radius 3 is 2.21 bits per heavy atom. The normalized spacial score (nSPS) is 12.4. The highest BCUT2D eigenvalue weighted by Crippen LogP contribution is 2.21. The van der Waals surface area contributed by atoms with Crippen molar-refractivity contribution in [3.63, 3.8) is 0 Å². The van der Waals surface area contributed by atoms with Crippen molar-refractivity contribution in [2.75, 3.05) is 14.2 Å². The summed E-state index contributed by atoms with van der Waals surface area (Å²) in [5.41, 5.74) is 2.64. The maximum absolute atomic E-state index is 5.18. The second-order valence-electron chi connectivity index (χ2n) is 4.85. The fourth-order valence-electron chi connectivity index (χ4n) is 2.14. The molecule has 0 fully saturated rings. The van der Waals surface area contributed by atoms with E-state index in [0.717, 1.165) is 12.3 Å². The molecule has 0 saturated carbocycles. The lowest BCUT2D eigenvalue weighted by Gasteiger charge is -2.25. The molecule has 2 nitrogen and oxygen atoms in total. The van der Waals surface area contributed by atoms with Gasteiger partial charge in [0, 0.05) is 12.6 Å². The first-order valence-corrected chi connectivity index (χ1v) is 6.59. The number of ether oxygens (including phenoxy) is 1. The SMILES string of the molecule is COc1ccc(CN(C)C(C)c2ccccc2)cc1. The van der Waals surface area contributed by atoms with Crippen LogP contribution in [0.4, 0.5) is 0 Å². The molecule has 2 aromatic carbocycles. The van der Waals surface area contributed by atoms with Crippen molar-refractivity contribution in [1.82, 2.24) is 4.90 Å². The lowest BCUT2D eigenvalue weighted by atomic mass is 10.1. The first kappa shape index (κ1) is 13.6. The molecule has 0 bridgehead atoms. The van der Waals surface area contributed by atoms with Crippen LogP contribution in [0.25, 0.3) is 0 Å². The molecule has 0 aliphatic heterocycles. The van der Waals surface area contributed by atoms with Gasteiger partial charge in [0.1, 0.15) is 5.75 Å². The van der Waals surface area contributed by atoms with Gasteiger partial charge in [0.25, 0.3) is 0 Å². The Balaban J connectivity index is 2.01. The molecule has 100 valence electrons. The lowest BCUT2D eigenvalue weighted by molar-refractivity contribution is 0.253. The van der Waals surface area contributed by atoms with E-state index in [4.69, 9.17) is 4.74 Å². The van der Waals surface area contributed by atoms with Gasteiger partial charge in [0.15, 0.2) is 0 Å². The molecule has 0 aliphatic carbocycles. The van der Waals surface area contributed by atoms with Crippen molar-refractivity contribution in [3.05, 3.63) is 65.7 Å². The van der Waals surface area contributed by atoms with Gasteiger partial charge < -0.3 is 4.74 Å². The average Bonchev–Trinajstić information content (AvgIpc) is 2.48. The summed E-state index contributed by atoms with van der Waals surface area (Å²) < 4.78 is 5.18. The maximum atomic E-state index is 5.18. The zero-order chi connectivity index (χ0) is 13.7. The van der Waals surface area contributed by atoms with E-state index < -0.39 is 0 Å². The molecule has 0 aliphatic rings.